The lowest BCUT2D eigenvalue weighted by atomic mass is 10.1. The van der Waals surface area contributed by atoms with E-state index < -0.39 is 15.9 Å². The van der Waals surface area contributed by atoms with Crippen molar-refractivity contribution >= 4 is 33.2 Å². The molecule has 0 unspecified atom stereocenters. The van der Waals surface area contributed by atoms with Crippen molar-refractivity contribution < 1.29 is 23.1 Å². The van der Waals surface area contributed by atoms with Gasteiger partial charge in [-0.15, -0.1) is 0 Å². The van der Waals surface area contributed by atoms with Crippen LogP contribution in [-0.2, 0) is 10.0 Å². The predicted molar refractivity (Wildman–Crippen MR) is 140 cm³/mol. The maximum absolute atomic E-state index is 13.4. The van der Waals surface area contributed by atoms with E-state index in [2.05, 4.69) is 24.1 Å². The van der Waals surface area contributed by atoms with Gasteiger partial charge in [-0.05, 0) is 49.2 Å². The highest BCUT2D eigenvalue weighted by molar-refractivity contribution is 7.89. The lowest BCUT2D eigenvalue weighted by Gasteiger charge is -2.29. The molecule has 2 aromatic carbocycles. The third-order valence-corrected chi connectivity index (χ3v) is 7.46. The number of nitrogens with one attached hydrogen (secondary N) is 1. The first-order chi connectivity index (χ1) is 16.6. The number of carbonyl (C=O) groups is 1. The summed E-state index contributed by atoms with van der Waals surface area (Å²) in [5, 5.41) is 12.3. The third-order valence-electron chi connectivity index (χ3n) is 5.39. The number of unbranched alkanes of at least 4 members (excludes halogenated alkanes) is 2. The molecule has 194 valence electrons. The number of aliphatic hydroxyl groups is 1. The molecule has 0 fully saturated rings. The highest BCUT2D eigenvalue weighted by Gasteiger charge is 2.29. The molecular weight excluding hydrogens is 490 g/mol. The minimum Gasteiger partial charge on any atom is -0.454 e. The molecule has 0 bridgehead atoms. The van der Waals surface area contributed by atoms with Crippen molar-refractivity contribution in [2.24, 2.45) is 0 Å². The number of nitrogens with zero attached hydrogens (tertiary/aromatic N) is 2. The first kappa shape index (κ1) is 28.9. The van der Waals surface area contributed by atoms with E-state index in [1.807, 2.05) is 0 Å². The summed E-state index contributed by atoms with van der Waals surface area (Å²) in [4.78, 5) is 14.8. The Bertz CT molecular complexity index is 1070. The number of rotatable bonds is 14. The van der Waals surface area contributed by atoms with Gasteiger partial charge in [-0.1, -0.05) is 38.3 Å². The Labute approximate surface area is 213 Å². The molecule has 0 saturated carbocycles. The zero-order valence-corrected chi connectivity index (χ0v) is 22.5. The van der Waals surface area contributed by atoms with Crippen LogP contribution >= 0.6 is 11.6 Å². The van der Waals surface area contributed by atoms with Gasteiger partial charge < -0.3 is 20.1 Å². The second-order valence-corrected chi connectivity index (χ2v) is 10.9. The number of sulfonamides is 1. The van der Waals surface area contributed by atoms with Crippen LogP contribution in [-0.4, -0.2) is 64.1 Å². The summed E-state index contributed by atoms with van der Waals surface area (Å²) in [6.07, 6.45) is 3.69. The summed E-state index contributed by atoms with van der Waals surface area (Å²) in [5.41, 5.74) is 0.703. The Morgan fingerprint density at radius 2 is 1.66 bits per heavy atom. The Balaban J connectivity index is 2.81. The van der Waals surface area contributed by atoms with Gasteiger partial charge in [0.15, 0.2) is 5.75 Å². The van der Waals surface area contributed by atoms with Gasteiger partial charge in [0, 0.05) is 44.3 Å². The maximum Gasteiger partial charge on any atom is 0.251 e. The molecule has 0 spiro atoms. The van der Waals surface area contributed by atoms with Crippen LogP contribution in [0.25, 0.3) is 0 Å². The number of halogens is 1. The van der Waals surface area contributed by atoms with Crippen molar-refractivity contribution in [1.29, 1.82) is 0 Å². The second kappa shape index (κ2) is 13.7. The zero-order chi connectivity index (χ0) is 26.0. The van der Waals surface area contributed by atoms with Crippen molar-refractivity contribution in [3.8, 4) is 11.5 Å². The van der Waals surface area contributed by atoms with E-state index >= 15 is 0 Å². The molecule has 35 heavy (non-hydrogen) atoms. The normalized spacial score (nSPS) is 11.5. The van der Waals surface area contributed by atoms with Crippen molar-refractivity contribution in [3.63, 3.8) is 0 Å². The summed E-state index contributed by atoms with van der Waals surface area (Å²) >= 11 is 6.02. The quantitative estimate of drug-likeness (QED) is 0.376. The fourth-order valence-corrected chi connectivity index (χ4v) is 4.56. The molecule has 10 heteroatoms. The molecule has 0 aliphatic heterocycles. The van der Waals surface area contributed by atoms with Crippen LogP contribution in [0.1, 0.15) is 49.9 Å². The molecule has 2 aromatic rings. The number of carbonyl (C=O) groups excluding carboxylic acids is 1. The lowest BCUT2D eigenvalue weighted by molar-refractivity contribution is 0.0944. The first-order valence-electron chi connectivity index (χ1n) is 11.8. The minimum absolute atomic E-state index is 0.0579. The van der Waals surface area contributed by atoms with Gasteiger partial charge in [0.2, 0.25) is 10.0 Å². The topological polar surface area (TPSA) is 99.2 Å². The van der Waals surface area contributed by atoms with E-state index in [9.17, 15) is 13.2 Å². The van der Waals surface area contributed by atoms with E-state index in [0.29, 0.717) is 29.5 Å². The molecule has 0 aliphatic carbocycles. The lowest BCUT2D eigenvalue weighted by Crippen LogP contribution is -2.30. The summed E-state index contributed by atoms with van der Waals surface area (Å²) in [6.45, 7) is 5.36. The summed E-state index contributed by atoms with van der Waals surface area (Å²) in [7, 11) is -1.11. The van der Waals surface area contributed by atoms with E-state index in [4.69, 9.17) is 21.4 Å². The van der Waals surface area contributed by atoms with Crippen LogP contribution in [0.2, 0.25) is 5.02 Å². The average Bonchev–Trinajstić information content (AvgIpc) is 2.84. The van der Waals surface area contributed by atoms with Gasteiger partial charge >= 0.3 is 0 Å². The largest absolute Gasteiger partial charge is 0.454 e. The number of ether oxygens (including phenoxy) is 1. The molecule has 0 radical (unpaired) electrons. The standard InChI is InChI=1S/C25H36ClN3O5S/c1-5-7-14-29(15-8-6-2)22-17-19(25(31)27-13-16-30)18-23(35(32,33)28(3)4)24(22)34-21-11-9-20(26)10-12-21/h9-12,17-18,30H,5-8,13-16H2,1-4H3,(H,27,31). The van der Waals surface area contributed by atoms with Crippen LogP contribution < -0.4 is 15.0 Å². The number of hydrogen-bond acceptors (Lipinski definition) is 6. The van der Waals surface area contributed by atoms with Gasteiger partial charge in [-0.2, -0.15) is 0 Å². The Kier molecular flexibility index (Phi) is 11.3. The molecular formula is C25H36ClN3O5S. The number of amides is 1. The van der Waals surface area contributed by atoms with Crippen LogP contribution in [0, 0.1) is 0 Å². The molecule has 0 aromatic heterocycles. The van der Waals surface area contributed by atoms with Gasteiger partial charge in [-0.3, -0.25) is 4.79 Å². The van der Waals surface area contributed by atoms with Crippen molar-refractivity contribution in [2.75, 3.05) is 45.2 Å². The van der Waals surface area contributed by atoms with E-state index in [1.165, 1.54) is 20.2 Å². The summed E-state index contributed by atoms with van der Waals surface area (Å²) < 4.78 is 34.2. The SMILES string of the molecule is CCCCN(CCCC)c1cc(C(=O)NCCO)cc(S(=O)(=O)N(C)C)c1Oc1ccc(Cl)cc1. The van der Waals surface area contributed by atoms with Crippen molar-refractivity contribution in [2.45, 2.75) is 44.4 Å². The number of hydrogen-bond donors (Lipinski definition) is 2. The minimum atomic E-state index is -3.98. The maximum atomic E-state index is 13.4. The molecule has 0 saturated heterocycles. The van der Waals surface area contributed by atoms with E-state index in [0.717, 1.165) is 30.0 Å². The fraction of sp³-hybridized carbons (Fsp3) is 0.480. The molecule has 0 heterocycles. The molecule has 2 rings (SSSR count). The Morgan fingerprint density at radius 3 is 2.17 bits per heavy atom. The summed E-state index contributed by atoms with van der Waals surface area (Å²) in [6, 6.07) is 9.66. The van der Waals surface area contributed by atoms with Gasteiger partial charge in [0.1, 0.15) is 10.6 Å². The molecule has 2 N–H and O–H groups in total. The number of aliphatic hydroxyl groups excluding tert-OH is 1. The summed E-state index contributed by atoms with van der Waals surface area (Å²) in [5.74, 6) is 0.112. The van der Waals surface area contributed by atoms with Crippen molar-refractivity contribution in [3.05, 3.63) is 47.0 Å². The van der Waals surface area contributed by atoms with Gasteiger partial charge in [0.05, 0.1) is 12.3 Å². The fourth-order valence-electron chi connectivity index (χ4n) is 3.39. The Hall–Kier alpha value is -2.33. The monoisotopic (exact) mass is 525 g/mol. The Morgan fingerprint density at radius 1 is 1.06 bits per heavy atom. The molecule has 0 aliphatic rings. The van der Waals surface area contributed by atoms with Crippen LogP contribution in [0.3, 0.4) is 0 Å². The van der Waals surface area contributed by atoms with Gasteiger partial charge in [-0.25, -0.2) is 12.7 Å². The zero-order valence-electron chi connectivity index (χ0n) is 20.9. The average molecular weight is 526 g/mol. The number of benzene rings is 2. The van der Waals surface area contributed by atoms with Crippen LogP contribution in [0.15, 0.2) is 41.3 Å². The third kappa shape index (κ3) is 7.83. The molecule has 1 amide bonds. The van der Waals surface area contributed by atoms with Crippen molar-refractivity contribution in [1.82, 2.24) is 9.62 Å². The molecule has 8 nitrogen and oxygen atoms in total. The first-order valence-corrected chi connectivity index (χ1v) is 13.6. The van der Waals surface area contributed by atoms with Gasteiger partial charge in [0.25, 0.3) is 5.91 Å². The predicted octanol–water partition coefficient (Wildman–Crippen LogP) is 4.51. The smallest absolute Gasteiger partial charge is 0.251 e. The highest BCUT2D eigenvalue weighted by Crippen LogP contribution is 2.41. The van der Waals surface area contributed by atoms with E-state index in [1.54, 1.807) is 30.3 Å². The van der Waals surface area contributed by atoms with E-state index in [-0.39, 0.29) is 29.4 Å². The number of anilines is 1. The second-order valence-electron chi connectivity index (χ2n) is 8.34. The highest BCUT2D eigenvalue weighted by atomic mass is 35.5. The van der Waals surface area contributed by atoms with Crippen LogP contribution in [0.4, 0.5) is 5.69 Å². The van der Waals surface area contributed by atoms with Crippen LogP contribution in [0.5, 0.6) is 11.5 Å². The molecule has 0 atom stereocenters.